The Labute approximate surface area is 128 Å². The number of hydrogen-bond acceptors (Lipinski definition) is 3. The number of nitrogens with zero attached hydrogens (tertiary/aromatic N) is 1. The highest BCUT2D eigenvalue weighted by Gasteiger charge is 2.31. The molecule has 1 heterocycles. The molecule has 1 aliphatic heterocycles. The normalized spacial score (nSPS) is 18.7. The first-order chi connectivity index (χ1) is 9.95. The Balaban J connectivity index is 2.59. The fourth-order valence-corrected chi connectivity index (χ4v) is 2.66. The molecule has 0 radical (unpaired) electrons. The number of rotatable bonds is 8. The maximum atomic E-state index is 12.4. The maximum absolute atomic E-state index is 12.4. The van der Waals surface area contributed by atoms with Crippen molar-refractivity contribution in [2.75, 3.05) is 13.1 Å². The van der Waals surface area contributed by atoms with Crippen LogP contribution in [0.4, 0.5) is 0 Å². The number of aliphatic hydroxyl groups excluding tert-OH is 1. The zero-order chi connectivity index (χ0) is 15.8. The highest BCUT2D eigenvalue weighted by atomic mass is 16.3. The van der Waals surface area contributed by atoms with Crippen molar-refractivity contribution in [3.05, 3.63) is 0 Å². The van der Waals surface area contributed by atoms with Crippen LogP contribution in [-0.4, -0.2) is 47.1 Å². The summed E-state index contributed by atoms with van der Waals surface area (Å²) in [6.07, 6.45) is 4.02. The second-order valence-corrected chi connectivity index (χ2v) is 6.33. The van der Waals surface area contributed by atoms with Gasteiger partial charge in [-0.05, 0) is 38.0 Å². The molecule has 2 amide bonds. The summed E-state index contributed by atoms with van der Waals surface area (Å²) in [5.74, 6) is 0.370. The summed E-state index contributed by atoms with van der Waals surface area (Å²) in [4.78, 5) is 26.2. The summed E-state index contributed by atoms with van der Waals surface area (Å²) in [7, 11) is 0. The zero-order valence-electron chi connectivity index (χ0n) is 13.6. The van der Waals surface area contributed by atoms with E-state index in [4.69, 9.17) is 0 Å². The van der Waals surface area contributed by atoms with Gasteiger partial charge in [0.1, 0.15) is 6.04 Å². The molecular formula is C16H30N2O3. The summed E-state index contributed by atoms with van der Waals surface area (Å²) < 4.78 is 0. The average molecular weight is 298 g/mol. The predicted octanol–water partition coefficient (Wildman–Crippen LogP) is 1.69. The molecule has 1 saturated heterocycles. The molecule has 0 aromatic heterocycles. The molecule has 0 aromatic carbocycles. The van der Waals surface area contributed by atoms with Crippen LogP contribution in [0, 0.1) is 5.92 Å². The third-order valence-electron chi connectivity index (χ3n) is 3.98. The van der Waals surface area contributed by atoms with Gasteiger partial charge in [0.2, 0.25) is 11.8 Å². The molecule has 0 bridgehead atoms. The number of nitrogens with one attached hydrogen (secondary N) is 1. The SMILES string of the molecule is CCC(O)CCNC(=O)C(CC(C)C)N1CCCCC1=O. The van der Waals surface area contributed by atoms with E-state index in [0.29, 0.717) is 44.7 Å². The van der Waals surface area contributed by atoms with E-state index in [1.54, 1.807) is 4.90 Å². The first kappa shape index (κ1) is 18.0. The molecule has 0 aliphatic carbocycles. The molecule has 1 aliphatic rings. The fraction of sp³-hybridized carbons (Fsp3) is 0.875. The molecule has 1 fully saturated rings. The fourth-order valence-electron chi connectivity index (χ4n) is 2.66. The van der Waals surface area contributed by atoms with Crippen LogP contribution in [0.1, 0.15) is 59.3 Å². The van der Waals surface area contributed by atoms with Crippen molar-refractivity contribution < 1.29 is 14.7 Å². The van der Waals surface area contributed by atoms with Crippen LogP contribution in [0.25, 0.3) is 0 Å². The van der Waals surface area contributed by atoms with E-state index in [-0.39, 0.29) is 24.0 Å². The Hall–Kier alpha value is -1.10. The Bertz CT molecular complexity index is 344. The third-order valence-corrected chi connectivity index (χ3v) is 3.98. The summed E-state index contributed by atoms with van der Waals surface area (Å²) in [5.41, 5.74) is 0. The van der Waals surface area contributed by atoms with Gasteiger partial charge >= 0.3 is 0 Å². The van der Waals surface area contributed by atoms with Crippen molar-refractivity contribution in [1.82, 2.24) is 10.2 Å². The molecule has 2 unspecified atom stereocenters. The molecule has 5 heteroatoms. The predicted molar refractivity (Wildman–Crippen MR) is 82.7 cm³/mol. The largest absolute Gasteiger partial charge is 0.393 e. The average Bonchev–Trinajstić information content (AvgIpc) is 2.45. The van der Waals surface area contributed by atoms with Gasteiger partial charge in [0.25, 0.3) is 0 Å². The number of carbonyl (C=O) groups excluding carboxylic acids is 2. The van der Waals surface area contributed by atoms with E-state index in [1.165, 1.54) is 0 Å². The zero-order valence-corrected chi connectivity index (χ0v) is 13.6. The number of piperidine rings is 1. The van der Waals surface area contributed by atoms with Crippen molar-refractivity contribution in [3.63, 3.8) is 0 Å². The Morgan fingerprint density at radius 3 is 2.67 bits per heavy atom. The van der Waals surface area contributed by atoms with Gasteiger partial charge in [0.05, 0.1) is 6.10 Å². The number of amides is 2. The monoisotopic (exact) mass is 298 g/mol. The van der Waals surface area contributed by atoms with Crippen LogP contribution < -0.4 is 5.32 Å². The lowest BCUT2D eigenvalue weighted by atomic mass is 9.98. The number of carbonyl (C=O) groups is 2. The standard InChI is InChI=1S/C16H30N2O3/c1-4-13(19)8-9-17-16(21)14(11-12(2)3)18-10-6-5-7-15(18)20/h12-14,19H,4-11H2,1-3H3,(H,17,21). The first-order valence-electron chi connectivity index (χ1n) is 8.21. The van der Waals surface area contributed by atoms with Crippen molar-refractivity contribution >= 4 is 11.8 Å². The van der Waals surface area contributed by atoms with Gasteiger partial charge in [-0.2, -0.15) is 0 Å². The number of hydrogen-bond donors (Lipinski definition) is 2. The van der Waals surface area contributed by atoms with Crippen LogP contribution in [0.2, 0.25) is 0 Å². The molecule has 21 heavy (non-hydrogen) atoms. The molecule has 1 rings (SSSR count). The Kier molecular flexibility index (Phi) is 7.72. The van der Waals surface area contributed by atoms with E-state index in [0.717, 1.165) is 12.8 Å². The molecule has 0 saturated carbocycles. The number of likely N-dealkylation sites (tertiary alicyclic amines) is 1. The van der Waals surface area contributed by atoms with Crippen LogP contribution >= 0.6 is 0 Å². The topological polar surface area (TPSA) is 69.6 Å². The van der Waals surface area contributed by atoms with E-state index in [9.17, 15) is 14.7 Å². The van der Waals surface area contributed by atoms with Crippen molar-refractivity contribution in [2.45, 2.75) is 71.4 Å². The summed E-state index contributed by atoms with van der Waals surface area (Å²) in [6, 6.07) is -0.364. The van der Waals surface area contributed by atoms with Crippen LogP contribution in [0.3, 0.4) is 0 Å². The van der Waals surface area contributed by atoms with E-state index in [1.807, 2.05) is 6.92 Å². The summed E-state index contributed by atoms with van der Waals surface area (Å²) in [5, 5.41) is 12.4. The second kappa shape index (κ2) is 9.03. The third kappa shape index (κ3) is 6.04. The smallest absolute Gasteiger partial charge is 0.242 e. The highest BCUT2D eigenvalue weighted by molar-refractivity contribution is 5.88. The van der Waals surface area contributed by atoms with Crippen LogP contribution in [0.5, 0.6) is 0 Å². The van der Waals surface area contributed by atoms with E-state index < -0.39 is 0 Å². The first-order valence-corrected chi connectivity index (χ1v) is 8.21. The van der Waals surface area contributed by atoms with Crippen LogP contribution in [-0.2, 0) is 9.59 Å². The molecule has 5 nitrogen and oxygen atoms in total. The minimum atomic E-state index is -0.370. The maximum Gasteiger partial charge on any atom is 0.242 e. The van der Waals surface area contributed by atoms with E-state index >= 15 is 0 Å². The van der Waals surface area contributed by atoms with E-state index in [2.05, 4.69) is 19.2 Å². The van der Waals surface area contributed by atoms with Gasteiger partial charge in [0, 0.05) is 19.5 Å². The summed E-state index contributed by atoms with van der Waals surface area (Å²) >= 11 is 0. The molecule has 122 valence electrons. The van der Waals surface area contributed by atoms with Gasteiger partial charge in [0.15, 0.2) is 0 Å². The quantitative estimate of drug-likeness (QED) is 0.716. The van der Waals surface area contributed by atoms with Crippen molar-refractivity contribution in [1.29, 1.82) is 0 Å². The van der Waals surface area contributed by atoms with Gasteiger partial charge in [-0.1, -0.05) is 20.8 Å². The van der Waals surface area contributed by atoms with Gasteiger partial charge in [-0.3, -0.25) is 9.59 Å². The minimum Gasteiger partial charge on any atom is -0.393 e. The summed E-state index contributed by atoms with van der Waals surface area (Å²) in [6.45, 7) is 7.19. The Morgan fingerprint density at radius 1 is 1.38 bits per heavy atom. The van der Waals surface area contributed by atoms with Crippen molar-refractivity contribution in [3.8, 4) is 0 Å². The lowest BCUT2D eigenvalue weighted by Gasteiger charge is -2.34. The highest BCUT2D eigenvalue weighted by Crippen LogP contribution is 2.19. The van der Waals surface area contributed by atoms with Gasteiger partial charge < -0.3 is 15.3 Å². The van der Waals surface area contributed by atoms with Crippen molar-refractivity contribution in [2.24, 2.45) is 5.92 Å². The van der Waals surface area contributed by atoms with Crippen LogP contribution in [0.15, 0.2) is 0 Å². The molecule has 0 spiro atoms. The lowest BCUT2D eigenvalue weighted by Crippen LogP contribution is -2.52. The molecule has 2 N–H and O–H groups in total. The molecule has 0 aromatic rings. The second-order valence-electron chi connectivity index (χ2n) is 6.33. The van der Waals surface area contributed by atoms with Gasteiger partial charge in [-0.25, -0.2) is 0 Å². The minimum absolute atomic E-state index is 0.0812. The molecular weight excluding hydrogens is 268 g/mol. The molecule has 2 atom stereocenters. The Morgan fingerprint density at radius 2 is 2.10 bits per heavy atom. The number of aliphatic hydroxyl groups is 1. The lowest BCUT2D eigenvalue weighted by molar-refractivity contribution is -0.143. The van der Waals surface area contributed by atoms with Gasteiger partial charge in [-0.15, -0.1) is 0 Å².